The van der Waals surface area contributed by atoms with Gasteiger partial charge >= 0.3 is 0 Å². The van der Waals surface area contributed by atoms with Crippen molar-refractivity contribution < 1.29 is 9.90 Å². The molecular formula is C9H15NO2. The number of carbonyl (C=O) groups excluding carboxylic acids is 1. The van der Waals surface area contributed by atoms with Crippen LogP contribution < -0.4 is 0 Å². The molecule has 0 amide bonds. The summed E-state index contributed by atoms with van der Waals surface area (Å²) in [5.41, 5.74) is 0. The van der Waals surface area contributed by atoms with E-state index in [0.717, 1.165) is 25.8 Å². The lowest BCUT2D eigenvalue weighted by Gasteiger charge is -2.21. The fourth-order valence-corrected chi connectivity index (χ4v) is 1.78. The predicted octanol–water partition coefficient (Wildman–Crippen LogP) is 0.113. The van der Waals surface area contributed by atoms with E-state index < -0.39 is 0 Å². The van der Waals surface area contributed by atoms with Crippen molar-refractivity contribution in [2.45, 2.75) is 25.3 Å². The summed E-state index contributed by atoms with van der Waals surface area (Å²) in [4.78, 5) is 12.7. The van der Waals surface area contributed by atoms with E-state index in [0.29, 0.717) is 12.6 Å². The standard InChI is InChI=1S/C9H15NO2/c1-8(12)7-10-5-2-3-9(10)4-6-11/h1,9,11H,2-7H2/t9-/m0/s1. The van der Waals surface area contributed by atoms with Crippen molar-refractivity contribution in [2.75, 3.05) is 19.7 Å². The molecule has 0 aliphatic carbocycles. The summed E-state index contributed by atoms with van der Waals surface area (Å²) >= 11 is 0. The molecule has 0 unspecified atom stereocenters. The van der Waals surface area contributed by atoms with E-state index in [-0.39, 0.29) is 12.4 Å². The fraction of sp³-hybridized carbons (Fsp3) is 0.778. The van der Waals surface area contributed by atoms with Gasteiger partial charge in [0.15, 0.2) is 5.78 Å². The molecule has 1 saturated heterocycles. The van der Waals surface area contributed by atoms with Crippen LogP contribution in [0, 0.1) is 6.92 Å². The van der Waals surface area contributed by atoms with Gasteiger partial charge in [0.2, 0.25) is 0 Å². The minimum Gasteiger partial charge on any atom is -0.396 e. The van der Waals surface area contributed by atoms with Gasteiger partial charge in [-0.3, -0.25) is 9.69 Å². The van der Waals surface area contributed by atoms with Gasteiger partial charge in [0, 0.05) is 19.6 Å². The van der Waals surface area contributed by atoms with Crippen LogP contribution in [-0.2, 0) is 4.79 Å². The Labute approximate surface area is 73.4 Å². The van der Waals surface area contributed by atoms with Crippen molar-refractivity contribution in [2.24, 2.45) is 0 Å². The summed E-state index contributed by atoms with van der Waals surface area (Å²) in [5, 5.41) is 8.74. The number of likely N-dealkylation sites (tertiary alicyclic amines) is 1. The molecule has 3 heteroatoms. The van der Waals surface area contributed by atoms with Crippen LogP contribution in [0.5, 0.6) is 0 Å². The molecule has 1 heterocycles. The number of Topliss-reactive ketones (excluding diaryl/α,β-unsaturated/α-hetero) is 1. The van der Waals surface area contributed by atoms with Gasteiger partial charge in [-0.25, -0.2) is 0 Å². The van der Waals surface area contributed by atoms with Gasteiger partial charge in [0.1, 0.15) is 0 Å². The van der Waals surface area contributed by atoms with Crippen LogP contribution in [0.1, 0.15) is 19.3 Å². The Balaban J connectivity index is 2.35. The first-order valence-corrected chi connectivity index (χ1v) is 4.37. The maximum absolute atomic E-state index is 10.6. The second-order valence-corrected chi connectivity index (χ2v) is 3.25. The summed E-state index contributed by atoms with van der Waals surface area (Å²) < 4.78 is 0. The van der Waals surface area contributed by atoms with Gasteiger partial charge in [0.25, 0.3) is 0 Å². The Morgan fingerprint density at radius 2 is 2.42 bits per heavy atom. The molecule has 1 fully saturated rings. The fourth-order valence-electron chi connectivity index (χ4n) is 1.78. The number of nitrogens with zero attached hydrogens (tertiary/aromatic N) is 1. The summed E-state index contributed by atoms with van der Waals surface area (Å²) in [7, 11) is 0. The molecule has 1 aliphatic rings. The zero-order valence-electron chi connectivity index (χ0n) is 7.20. The average Bonchev–Trinajstić information content (AvgIpc) is 2.37. The van der Waals surface area contributed by atoms with E-state index >= 15 is 0 Å². The van der Waals surface area contributed by atoms with Crippen LogP contribution in [0.25, 0.3) is 0 Å². The molecule has 0 aromatic rings. The molecule has 0 spiro atoms. The Kier molecular flexibility index (Phi) is 3.69. The number of aliphatic hydroxyl groups is 1. The molecule has 0 bridgehead atoms. The number of ketones is 1. The summed E-state index contributed by atoms with van der Waals surface area (Å²) in [5.74, 6) is -0.278. The first kappa shape index (κ1) is 9.68. The van der Waals surface area contributed by atoms with Gasteiger partial charge < -0.3 is 5.11 Å². The molecule has 68 valence electrons. The zero-order chi connectivity index (χ0) is 8.97. The summed E-state index contributed by atoms with van der Waals surface area (Å²) in [6.07, 6.45) is 2.94. The highest BCUT2D eigenvalue weighted by molar-refractivity contribution is 5.84. The van der Waals surface area contributed by atoms with Crippen LogP contribution in [0.3, 0.4) is 0 Å². The Morgan fingerprint density at radius 3 is 3.00 bits per heavy atom. The monoisotopic (exact) mass is 169 g/mol. The molecular weight excluding hydrogens is 154 g/mol. The number of carbonyl (C=O) groups is 1. The van der Waals surface area contributed by atoms with Crippen LogP contribution in [0.15, 0.2) is 0 Å². The van der Waals surface area contributed by atoms with Crippen molar-refractivity contribution in [3.63, 3.8) is 0 Å². The van der Waals surface area contributed by atoms with E-state index in [2.05, 4.69) is 4.90 Å². The minimum absolute atomic E-state index is 0.194. The van der Waals surface area contributed by atoms with Crippen LogP contribution >= 0.6 is 0 Å². The molecule has 1 rings (SSSR count). The third-order valence-electron chi connectivity index (χ3n) is 2.32. The van der Waals surface area contributed by atoms with Crippen LogP contribution in [-0.4, -0.2) is 41.5 Å². The van der Waals surface area contributed by atoms with E-state index in [4.69, 9.17) is 12.0 Å². The number of hydrogen-bond donors (Lipinski definition) is 1. The molecule has 12 heavy (non-hydrogen) atoms. The third kappa shape index (κ3) is 2.57. The van der Waals surface area contributed by atoms with Crippen molar-refractivity contribution in [3.8, 4) is 0 Å². The summed E-state index contributed by atoms with van der Waals surface area (Å²) in [6.45, 7) is 6.56. The number of hydrogen-bond acceptors (Lipinski definition) is 3. The zero-order valence-corrected chi connectivity index (χ0v) is 7.20. The van der Waals surface area contributed by atoms with Crippen molar-refractivity contribution in [1.82, 2.24) is 4.90 Å². The van der Waals surface area contributed by atoms with Crippen molar-refractivity contribution >= 4 is 5.78 Å². The number of aliphatic hydroxyl groups excluding tert-OH is 1. The quantitative estimate of drug-likeness (QED) is 0.649. The Bertz CT molecular complexity index is 159. The van der Waals surface area contributed by atoms with Crippen molar-refractivity contribution in [3.05, 3.63) is 6.92 Å². The highest BCUT2D eigenvalue weighted by atomic mass is 16.3. The topological polar surface area (TPSA) is 40.5 Å². The second-order valence-electron chi connectivity index (χ2n) is 3.25. The highest BCUT2D eigenvalue weighted by Crippen LogP contribution is 2.18. The molecule has 0 aromatic carbocycles. The van der Waals surface area contributed by atoms with Crippen LogP contribution in [0.4, 0.5) is 0 Å². The average molecular weight is 169 g/mol. The normalized spacial score (nSPS) is 24.7. The first-order chi connectivity index (χ1) is 5.74. The minimum atomic E-state index is -0.278. The SMILES string of the molecule is [CH]C(=O)CN1CCC[C@H]1CCO. The van der Waals surface area contributed by atoms with Gasteiger partial charge in [-0.1, -0.05) is 0 Å². The van der Waals surface area contributed by atoms with Gasteiger partial charge in [0.05, 0.1) is 6.54 Å². The van der Waals surface area contributed by atoms with E-state index in [9.17, 15) is 4.79 Å². The van der Waals surface area contributed by atoms with Gasteiger partial charge in [-0.05, 0) is 25.8 Å². The van der Waals surface area contributed by atoms with E-state index in [1.54, 1.807) is 0 Å². The first-order valence-electron chi connectivity index (χ1n) is 4.37. The molecule has 2 radical (unpaired) electrons. The lowest BCUT2D eigenvalue weighted by atomic mass is 10.1. The Morgan fingerprint density at radius 1 is 1.67 bits per heavy atom. The largest absolute Gasteiger partial charge is 0.396 e. The molecule has 0 saturated carbocycles. The highest BCUT2D eigenvalue weighted by Gasteiger charge is 2.24. The molecule has 1 N–H and O–H groups in total. The van der Waals surface area contributed by atoms with Crippen molar-refractivity contribution in [1.29, 1.82) is 0 Å². The second kappa shape index (κ2) is 4.58. The molecule has 1 atom stereocenters. The third-order valence-corrected chi connectivity index (χ3v) is 2.32. The maximum atomic E-state index is 10.6. The summed E-state index contributed by atoms with van der Waals surface area (Å²) in [6, 6.07) is 0.363. The lowest BCUT2D eigenvalue weighted by Crippen LogP contribution is -2.34. The van der Waals surface area contributed by atoms with E-state index in [1.165, 1.54) is 0 Å². The molecule has 0 aromatic heterocycles. The molecule has 1 aliphatic heterocycles. The predicted molar refractivity (Wildman–Crippen MR) is 45.6 cm³/mol. The lowest BCUT2D eigenvalue weighted by molar-refractivity contribution is -0.116. The van der Waals surface area contributed by atoms with Gasteiger partial charge in [-0.15, -0.1) is 0 Å². The number of rotatable bonds is 4. The molecule has 3 nitrogen and oxygen atoms in total. The maximum Gasteiger partial charge on any atom is 0.151 e. The smallest absolute Gasteiger partial charge is 0.151 e. The van der Waals surface area contributed by atoms with Gasteiger partial charge in [-0.2, -0.15) is 0 Å². The van der Waals surface area contributed by atoms with Crippen LogP contribution in [0.2, 0.25) is 0 Å². The Hall–Kier alpha value is -0.410. The van der Waals surface area contributed by atoms with E-state index in [1.807, 2.05) is 0 Å².